The van der Waals surface area contributed by atoms with Crippen molar-refractivity contribution in [1.82, 2.24) is 15.5 Å². The maximum Gasteiger partial charge on any atom is 0.226 e. The highest BCUT2D eigenvalue weighted by Gasteiger charge is 2.36. The fourth-order valence-electron chi connectivity index (χ4n) is 8.16. The van der Waals surface area contributed by atoms with Gasteiger partial charge in [-0.3, -0.25) is 33.6 Å². The highest BCUT2D eigenvalue weighted by molar-refractivity contribution is 5.97. The average molecular weight is 916 g/mol. The molecule has 0 aliphatic carbocycles. The number of carbonyl (C=O) groups is 7. The first-order chi connectivity index (χ1) is 31.7. The molecule has 1 aliphatic rings. The number of Topliss-reactive ketones (excluding diaryl/α,β-unsaturated/α-hetero) is 4. The summed E-state index contributed by atoms with van der Waals surface area (Å²) in [6, 6.07) is 10.0. The molecule has 0 unspecified atom stereocenters. The number of hydrogen-bond acceptors (Lipinski definition) is 13. The van der Waals surface area contributed by atoms with Crippen molar-refractivity contribution >= 4 is 40.9 Å². The van der Waals surface area contributed by atoms with E-state index >= 15 is 0 Å². The van der Waals surface area contributed by atoms with E-state index in [-0.39, 0.29) is 95.9 Å². The van der Waals surface area contributed by atoms with Gasteiger partial charge in [0.1, 0.15) is 36.5 Å². The van der Waals surface area contributed by atoms with Gasteiger partial charge in [-0.25, -0.2) is 0 Å². The third-order valence-electron chi connectivity index (χ3n) is 11.9. The van der Waals surface area contributed by atoms with Gasteiger partial charge < -0.3 is 42.2 Å². The Morgan fingerprint density at radius 3 is 2.12 bits per heavy atom. The number of nitrogens with one attached hydrogen (secondary N) is 2. The van der Waals surface area contributed by atoms with Crippen LogP contribution in [0, 0.1) is 29.1 Å². The number of amides is 3. The molecule has 16 nitrogen and oxygen atoms in total. The van der Waals surface area contributed by atoms with Gasteiger partial charge in [0.25, 0.3) is 0 Å². The zero-order chi connectivity index (χ0) is 48.6. The van der Waals surface area contributed by atoms with E-state index in [0.717, 1.165) is 25.7 Å². The number of nitrogens with zero attached hydrogens (tertiary/aromatic N) is 2. The van der Waals surface area contributed by atoms with E-state index in [1.807, 2.05) is 6.07 Å². The quantitative estimate of drug-likeness (QED) is 0.0719. The van der Waals surface area contributed by atoms with Crippen LogP contribution in [0.1, 0.15) is 128 Å². The molecule has 0 radical (unpaired) electrons. The largest absolute Gasteiger partial charge is 0.492 e. The zero-order valence-electron chi connectivity index (χ0n) is 39.5. The van der Waals surface area contributed by atoms with Crippen LogP contribution >= 0.6 is 0 Å². The van der Waals surface area contributed by atoms with Crippen molar-refractivity contribution in [2.75, 3.05) is 46.4 Å². The summed E-state index contributed by atoms with van der Waals surface area (Å²) in [4.78, 5) is 96.6. The summed E-state index contributed by atoms with van der Waals surface area (Å²) in [5.41, 5.74) is 19.7. The van der Waals surface area contributed by atoms with Crippen molar-refractivity contribution in [3.8, 4) is 28.7 Å². The topological polar surface area (TPSA) is 267 Å². The third kappa shape index (κ3) is 17.4. The number of ketones is 4. The van der Waals surface area contributed by atoms with E-state index < -0.39 is 59.1 Å². The molecule has 0 fully saturated rings. The van der Waals surface area contributed by atoms with Crippen molar-refractivity contribution < 1.29 is 43.0 Å². The number of nitriles is 1. The minimum atomic E-state index is -1.27. The SMILES string of the molecule is CCCCCCCCCC(=O)C[C@@H](C)C(=O)NCC(=O)C[C@@H](CCN)C(=O)N(C)[C@@H]1C(=O)C[C@@H](C)C(=O)N[C@H](C(=O)CCC#N)Cc2ccc(OCCN)c(c2)-c2cc1ccc2OCCN. The standard InChI is InChI=1S/C50H73N7O9/c1-5-6-7-8-9-10-11-13-38(58)26-33(2)48(62)55-32-39(59)30-37(19-21-52)50(64)57(4)47-36-16-18-46(66-25-23-54)41(31-36)40-28-35(15-17-45(40)65-24-22-53)29-42(43(60)14-12-20-51)56-49(63)34(3)27-44(47)61/h15-18,28,31,33-34,37,42,47H,5-14,19,21-27,29-30,32,52-54H2,1-4H3,(H,55,62)(H,56,63)/t33-,34-,37-,42+,47+/m1/s1. The molecule has 2 aromatic carbocycles. The van der Waals surface area contributed by atoms with Gasteiger partial charge in [0, 0.05) is 87.5 Å². The molecule has 0 aromatic heterocycles. The maximum absolute atomic E-state index is 14.6. The van der Waals surface area contributed by atoms with E-state index in [2.05, 4.69) is 17.6 Å². The van der Waals surface area contributed by atoms with E-state index in [9.17, 15) is 38.8 Å². The average Bonchev–Trinajstić information content (AvgIpc) is 3.30. The molecule has 16 heteroatoms. The molecule has 8 N–H and O–H groups in total. The van der Waals surface area contributed by atoms with Crippen LogP contribution in [-0.2, 0) is 40.0 Å². The van der Waals surface area contributed by atoms with Crippen LogP contribution < -0.4 is 37.3 Å². The zero-order valence-corrected chi connectivity index (χ0v) is 39.5. The summed E-state index contributed by atoms with van der Waals surface area (Å²) in [5, 5.41) is 14.7. The first-order valence-corrected chi connectivity index (χ1v) is 23.6. The predicted molar refractivity (Wildman–Crippen MR) is 252 cm³/mol. The molecule has 0 spiro atoms. The van der Waals surface area contributed by atoms with Crippen molar-refractivity contribution in [3.05, 3.63) is 47.5 Å². The number of likely N-dealkylation sites (N-methyl/N-ethyl adjacent to an activating group) is 1. The summed E-state index contributed by atoms with van der Waals surface area (Å²) in [6.07, 6.45) is 7.51. The molecule has 3 amide bonds. The second-order valence-corrected chi connectivity index (χ2v) is 17.4. The summed E-state index contributed by atoms with van der Waals surface area (Å²) in [5.74, 6) is -4.54. The number of ether oxygens (including phenoxy) is 2. The van der Waals surface area contributed by atoms with E-state index in [1.165, 1.54) is 31.2 Å². The van der Waals surface area contributed by atoms with Gasteiger partial charge in [-0.2, -0.15) is 5.26 Å². The van der Waals surface area contributed by atoms with E-state index in [4.69, 9.17) is 26.7 Å². The Hall–Kier alpha value is -5.50. The minimum Gasteiger partial charge on any atom is -0.492 e. The number of unbranched alkanes of at least 4 members (excludes halogenated alkanes) is 6. The molecule has 0 saturated heterocycles. The van der Waals surface area contributed by atoms with Crippen LogP contribution in [0.15, 0.2) is 36.4 Å². The highest BCUT2D eigenvalue weighted by atomic mass is 16.5. The summed E-state index contributed by atoms with van der Waals surface area (Å²) in [6.45, 7) is 5.78. The number of rotatable bonds is 28. The second-order valence-electron chi connectivity index (χ2n) is 17.4. The Kier molecular flexibility index (Phi) is 24.3. The van der Waals surface area contributed by atoms with Gasteiger partial charge in [-0.15, -0.1) is 0 Å². The molecule has 4 bridgehead atoms. The number of benzene rings is 2. The molecule has 66 heavy (non-hydrogen) atoms. The van der Waals surface area contributed by atoms with Gasteiger partial charge in [0.2, 0.25) is 17.7 Å². The highest BCUT2D eigenvalue weighted by Crippen LogP contribution is 2.41. The lowest BCUT2D eigenvalue weighted by Gasteiger charge is -2.32. The first-order valence-electron chi connectivity index (χ1n) is 23.6. The fourth-order valence-corrected chi connectivity index (χ4v) is 8.16. The number of nitrogens with two attached hydrogens (primary N) is 3. The Bertz CT molecular complexity index is 2000. The molecule has 5 atom stereocenters. The van der Waals surface area contributed by atoms with Crippen LogP contribution in [0.3, 0.4) is 0 Å². The molecule has 1 heterocycles. The monoisotopic (exact) mass is 916 g/mol. The van der Waals surface area contributed by atoms with Crippen LogP contribution in [0.4, 0.5) is 0 Å². The van der Waals surface area contributed by atoms with Crippen LogP contribution in [0.5, 0.6) is 11.5 Å². The van der Waals surface area contributed by atoms with Gasteiger partial charge in [-0.1, -0.05) is 71.4 Å². The molecular weight excluding hydrogens is 843 g/mol. The van der Waals surface area contributed by atoms with Crippen molar-refractivity contribution in [2.24, 2.45) is 35.0 Å². The number of fused-ring (bicyclic) bond motifs is 5. The van der Waals surface area contributed by atoms with E-state index in [0.29, 0.717) is 40.2 Å². The molecular formula is C50H73N7O9. The Morgan fingerprint density at radius 2 is 1.48 bits per heavy atom. The van der Waals surface area contributed by atoms with Gasteiger partial charge >= 0.3 is 0 Å². The first kappa shape index (κ1) is 54.8. The molecule has 0 saturated carbocycles. The normalized spacial score (nSPS) is 17.0. The van der Waals surface area contributed by atoms with Crippen molar-refractivity contribution in [1.29, 1.82) is 5.26 Å². The fraction of sp³-hybridized carbons (Fsp3) is 0.600. The molecule has 362 valence electrons. The minimum absolute atomic E-state index is 0.00145. The van der Waals surface area contributed by atoms with Gasteiger partial charge in [0.05, 0.1) is 18.7 Å². The number of carbonyl (C=O) groups excluding carboxylic acids is 7. The summed E-state index contributed by atoms with van der Waals surface area (Å²) in [7, 11) is 1.46. The lowest BCUT2D eigenvalue weighted by atomic mass is 9.88. The van der Waals surface area contributed by atoms with Gasteiger partial charge in [0.15, 0.2) is 17.3 Å². The molecule has 2 aromatic rings. The van der Waals surface area contributed by atoms with Gasteiger partial charge in [-0.05, 0) is 61.2 Å². The summed E-state index contributed by atoms with van der Waals surface area (Å²) >= 11 is 0. The van der Waals surface area contributed by atoms with Crippen LogP contribution in [0.25, 0.3) is 11.1 Å². The summed E-state index contributed by atoms with van der Waals surface area (Å²) < 4.78 is 12.2. The Morgan fingerprint density at radius 1 is 0.848 bits per heavy atom. The molecule has 3 rings (SSSR count). The van der Waals surface area contributed by atoms with Crippen LogP contribution in [0.2, 0.25) is 0 Å². The Balaban J connectivity index is 1.95. The lowest BCUT2D eigenvalue weighted by Crippen LogP contribution is -2.46. The predicted octanol–water partition coefficient (Wildman–Crippen LogP) is 4.81. The lowest BCUT2D eigenvalue weighted by molar-refractivity contribution is -0.143. The van der Waals surface area contributed by atoms with Crippen LogP contribution in [-0.4, -0.2) is 98.2 Å². The van der Waals surface area contributed by atoms with E-state index in [1.54, 1.807) is 50.2 Å². The third-order valence-corrected chi connectivity index (χ3v) is 11.9. The van der Waals surface area contributed by atoms with Crippen molar-refractivity contribution in [3.63, 3.8) is 0 Å². The van der Waals surface area contributed by atoms with Crippen molar-refractivity contribution in [2.45, 2.75) is 129 Å². The maximum atomic E-state index is 14.6. The Labute approximate surface area is 390 Å². The number of hydrogen-bond donors (Lipinski definition) is 5. The second kappa shape index (κ2) is 29.2. The smallest absolute Gasteiger partial charge is 0.226 e. The molecule has 1 aliphatic heterocycles.